The molecule has 0 aromatic heterocycles. The van der Waals surface area contributed by atoms with Crippen molar-refractivity contribution in [2.45, 2.75) is 39.2 Å². The molecule has 0 saturated heterocycles. The molecule has 3 heteroatoms. The second-order valence-electron chi connectivity index (χ2n) is 3.10. The first-order chi connectivity index (χ1) is 6.35. The summed E-state index contributed by atoms with van der Waals surface area (Å²) in [6.07, 6.45) is 5.18. The smallest absolute Gasteiger partial charge is 0.169 e. The van der Waals surface area contributed by atoms with Crippen LogP contribution in [0, 0.1) is 0 Å². The Labute approximate surface area is 81.6 Å². The number of nitrogens with one attached hydrogen (secondary N) is 1. The van der Waals surface area contributed by atoms with E-state index in [4.69, 9.17) is 4.74 Å². The maximum atomic E-state index is 4.70. The molecule has 0 amide bonds. The topological polar surface area (TPSA) is 33.6 Å². The lowest BCUT2D eigenvalue weighted by Crippen LogP contribution is -2.30. The van der Waals surface area contributed by atoms with Gasteiger partial charge in [0, 0.05) is 12.6 Å². The van der Waals surface area contributed by atoms with Gasteiger partial charge in [-0.1, -0.05) is 20.3 Å². The Kier molecular flexibility index (Phi) is 9.10. The van der Waals surface area contributed by atoms with E-state index >= 15 is 0 Å². The van der Waals surface area contributed by atoms with Gasteiger partial charge in [0.05, 0.1) is 13.7 Å². The number of rotatable bonds is 8. The maximum Gasteiger partial charge on any atom is 0.169 e. The largest absolute Gasteiger partial charge is 0.487 e. The van der Waals surface area contributed by atoms with Crippen molar-refractivity contribution in [3.8, 4) is 0 Å². The minimum absolute atomic E-state index is 0.655. The van der Waals surface area contributed by atoms with E-state index < -0.39 is 0 Å². The van der Waals surface area contributed by atoms with Crippen molar-refractivity contribution in [2.75, 3.05) is 20.2 Å². The Morgan fingerprint density at radius 2 is 2.23 bits per heavy atom. The predicted octanol–water partition coefficient (Wildman–Crippen LogP) is 1.83. The van der Waals surface area contributed by atoms with Crippen molar-refractivity contribution in [3.05, 3.63) is 0 Å². The fourth-order valence-corrected chi connectivity index (χ4v) is 1.26. The molecule has 1 unspecified atom stereocenters. The lowest BCUT2D eigenvalue weighted by atomic mass is 10.1. The molecule has 78 valence electrons. The van der Waals surface area contributed by atoms with Crippen LogP contribution in [0.5, 0.6) is 0 Å². The summed E-state index contributed by atoms with van der Waals surface area (Å²) < 4.78 is 4.70. The third-order valence-corrected chi connectivity index (χ3v) is 1.98. The van der Waals surface area contributed by atoms with Crippen molar-refractivity contribution in [3.63, 3.8) is 0 Å². The molecule has 0 saturated carbocycles. The standard InChI is InChI=1S/C10H22N2O/c1-4-6-10(5-2)12-8-7-11-9-13-3/h9-10,12H,4-8H2,1-3H3. The van der Waals surface area contributed by atoms with Gasteiger partial charge in [-0.3, -0.25) is 4.99 Å². The monoisotopic (exact) mass is 186 g/mol. The molecule has 1 atom stereocenters. The lowest BCUT2D eigenvalue weighted by Gasteiger charge is -2.14. The number of ether oxygens (including phenoxy) is 1. The van der Waals surface area contributed by atoms with Crippen LogP contribution in [-0.4, -0.2) is 32.6 Å². The van der Waals surface area contributed by atoms with Crippen LogP contribution in [0.3, 0.4) is 0 Å². The molecule has 0 fully saturated rings. The molecule has 0 aromatic rings. The summed E-state index contributed by atoms with van der Waals surface area (Å²) in [6, 6.07) is 0.655. The molecule has 0 heterocycles. The van der Waals surface area contributed by atoms with Gasteiger partial charge in [-0.15, -0.1) is 0 Å². The second-order valence-corrected chi connectivity index (χ2v) is 3.10. The molecule has 0 aliphatic carbocycles. The van der Waals surface area contributed by atoms with Gasteiger partial charge in [-0.05, 0) is 12.8 Å². The third kappa shape index (κ3) is 7.78. The van der Waals surface area contributed by atoms with Crippen LogP contribution < -0.4 is 5.32 Å². The minimum Gasteiger partial charge on any atom is -0.487 e. The van der Waals surface area contributed by atoms with E-state index in [-0.39, 0.29) is 0 Å². The maximum absolute atomic E-state index is 4.70. The molecular weight excluding hydrogens is 164 g/mol. The summed E-state index contributed by atoms with van der Waals surface area (Å²) in [6.45, 7) is 6.17. The van der Waals surface area contributed by atoms with Crippen LogP contribution in [-0.2, 0) is 4.74 Å². The van der Waals surface area contributed by atoms with E-state index in [2.05, 4.69) is 24.2 Å². The van der Waals surface area contributed by atoms with Gasteiger partial charge in [0.2, 0.25) is 0 Å². The van der Waals surface area contributed by atoms with Gasteiger partial charge in [-0.25, -0.2) is 0 Å². The van der Waals surface area contributed by atoms with Crippen molar-refractivity contribution < 1.29 is 4.74 Å². The highest BCUT2D eigenvalue weighted by molar-refractivity contribution is 5.45. The molecule has 0 spiro atoms. The van der Waals surface area contributed by atoms with Crippen LogP contribution in [0.4, 0.5) is 0 Å². The van der Waals surface area contributed by atoms with Gasteiger partial charge < -0.3 is 10.1 Å². The Balaban J connectivity index is 3.32. The molecule has 0 aliphatic heterocycles. The van der Waals surface area contributed by atoms with Gasteiger partial charge in [0.25, 0.3) is 0 Å². The highest BCUT2D eigenvalue weighted by Crippen LogP contribution is 1.99. The summed E-state index contributed by atoms with van der Waals surface area (Å²) in [5.41, 5.74) is 0. The van der Waals surface area contributed by atoms with E-state index in [1.807, 2.05) is 0 Å². The minimum atomic E-state index is 0.655. The summed E-state index contributed by atoms with van der Waals surface area (Å²) in [7, 11) is 1.61. The zero-order valence-electron chi connectivity index (χ0n) is 9.05. The number of methoxy groups -OCH3 is 1. The first kappa shape index (κ1) is 12.4. The van der Waals surface area contributed by atoms with E-state index in [1.165, 1.54) is 25.7 Å². The van der Waals surface area contributed by atoms with Crippen LogP contribution in [0.1, 0.15) is 33.1 Å². The molecule has 13 heavy (non-hydrogen) atoms. The van der Waals surface area contributed by atoms with Gasteiger partial charge in [0.15, 0.2) is 6.40 Å². The van der Waals surface area contributed by atoms with Crippen molar-refractivity contribution >= 4 is 6.40 Å². The zero-order valence-corrected chi connectivity index (χ0v) is 9.05. The van der Waals surface area contributed by atoms with Gasteiger partial charge in [0.1, 0.15) is 0 Å². The van der Waals surface area contributed by atoms with Crippen molar-refractivity contribution in [2.24, 2.45) is 4.99 Å². The van der Waals surface area contributed by atoms with E-state index in [9.17, 15) is 0 Å². The van der Waals surface area contributed by atoms with Crippen molar-refractivity contribution in [1.29, 1.82) is 0 Å². The molecule has 0 radical (unpaired) electrons. The average molecular weight is 186 g/mol. The zero-order chi connectivity index (χ0) is 9.94. The van der Waals surface area contributed by atoms with Crippen LogP contribution in [0.15, 0.2) is 4.99 Å². The lowest BCUT2D eigenvalue weighted by molar-refractivity contribution is 0.419. The average Bonchev–Trinajstić information content (AvgIpc) is 2.16. The highest BCUT2D eigenvalue weighted by Gasteiger charge is 2.01. The number of hydrogen-bond donors (Lipinski definition) is 1. The molecule has 0 rings (SSSR count). The highest BCUT2D eigenvalue weighted by atomic mass is 16.5. The molecule has 0 aromatic carbocycles. The van der Waals surface area contributed by atoms with E-state index in [1.54, 1.807) is 7.11 Å². The Morgan fingerprint density at radius 1 is 1.46 bits per heavy atom. The molecule has 0 aliphatic rings. The van der Waals surface area contributed by atoms with Gasteiger partial charge >= 0.3 is 0 Å². The van der Waals surface area contributed by atoms with Crippen LogP contribution in [0.2, 0.25) is 0 Å². The fourth-order valence-electron chi connectivity index (χ4n) is 1.26. The van der Waals surface area contributed by atoms with E-state index in [0.29, 0.717) is 6.04 Å². The Bertz CT molecular complexity index is 126. The Hall–Kier alpha value is -0.570. The summed E-state index contributed by atoms with van der Waals surface area (Å²) >= 11 is 0. The number of hydrogen-bond acceptors (Lipinski definition) is 3. The summed E-state index contributed by atoms with van der Waals surface area (Å²) in [5.74, 6) is 0. The molecular formula is C10H22N2O. The number of nitrogens with zero attached hydrogens (tertiary/aromatic N) is 1. The fraction of sp³-hybridized carbons (Fsp3) is 0.900. The summed E-state index contributed by atoms with van der Waals surface area (Å²) in [4.78, 5) is 4.05. The predicted molar refractivity (Wildman–Crippen MR) is 57.4 cm³/mol. The molecule has 0 bridgehead atoms. The third-order valence-electron chi connectivity index (χ3n) is 1.98. The molecule has 1 N–H and O–H groups in total. The van der Waals surface area contributed by atoms with Crippen molar-refractivity contribution in [1.82, 2.24) is 5.32 Å². The van der Waals surface area contributed by atoms with Crippen LogP contribution >= 0.6 is 0 Å². The quantitative estimate of drug-likeness (QED) is 0.356. The van der Waals surface area contributed by atoms with Crippen LogP contribution in [0.25, 0.3) is 0 Å². The first-order valence-corrected chi connectivity index (χ1v) is 5.09. The second kappa shape index (κ2) is 9.52. The summed E-state index contributed by atoms with van der Waals surface area (Å²) in [5, 5.41) is 3.46. The Morgan fingerprint density at radius 3 is 2.77 bits per heavy atom. The number of aliphatic imine (C=N–C) groups is 1. The SMILES string of the molecule is CCCC(CC)NCCN=COC. The first-order valence-electron chi connectivity index (χ1n) is 5.09. The normalized spacial score (nSPS) is 13.5. The molecule has 3 nitrogen and oxygen atoms in total. The van der Waals surface area contributed by atoms with Gasteiger partial charge in [-0.2, -0.15) is 0 Å². The van der Waals surface area contributed by atoms with E-state index in [0.717, 1.165) is 13.1 Å².